The number of rotatable bonds is 4. The van der Waals surface area contributed by atoms with E-state index in [4.69, 9.17) is 9.47 Å². The lowest BCUT2D eigenvalue weighted by Gasteiger charge is -2.06. The van der Waals surface area contributed by atoms with Gasteiger partial charge in [0.05, 0.1) is 12.7 Å². The van der Waals surface area contributed by atoms with E-state index >= 15 is 0 Å². The summed E-state index contributed by atoms with van der Waals surface area (Å²) in [5.41, 5.74) is 1.45. The van der Waals surface area contributed by atoms with Crippen molar-refractivity contribution in [2.24, 2.45) is 0 Å². The van der Waals surface area contributed by atoms with Crippen LogP contribution in [0.1, 0.15) is 15.9 Å². The summed E-state index contributed by atoms with van der Waals surface area (Å²) in [7, 11) is 1.61. The minimum atomic E-state index is -0.336. The lowest BCUT2D eigenvalue weighted by Crippen LogP contribution is -2.05. The molecule has 0 fully saturated rings. The van der Waals surface area contributed by atoms with Crippen LogP contribution in [-0.2, 0) is 11.3 Å². The molecule has 0 spiro atoms. The molecule has 0 aliphatic carbocycles. The Balaban J connectivity index is 1.96. The zero-order valence-corrected chi connectivity index (χ0v) is 12.0. The van der Waals surface area contributed by atoms with Gasteiger partial charge in [-0.3, -0.25) is 0 Å². The highest BCUT2D eigenvalue weighted by Gasteiger charge is 2.07. The summed E-state index contributed by atoms with van der Waals surface area (Å²) in [6.07, 6.45) is 0. The molecule has 0 aliphatic rings. The highest BCUT2D eigenvalue weighted by molar-refractivity contribution is 9.10. The molecule has 0 saturated heterocycles. The van der Waals surface area contributed by atoms with E-state index in [1.807, 2.05) is 30.3 Å². The Kier molecular flexibility index (Phi) is 4.58. The average Bonchev–Trinajstić information content (AvgIpc) is 2.45. The molecule has 0 saturated carbocycles. The van der Waals surface area contributed by atoms with Gasteiger partial charge in [-0.05, 0) is 35.9 Å². The Labute approximate surface area is 120 Å². The van der Waals surface area contributed by atoms with Crippen molar-refractivity contribution in [1.82, 2.24) is 0 Å². The molecule has 4 heteroatoms. The average molecular weight is 321 g/mol. The number of carbonyl (C=O) groups is 1. The van der Waals surface area contributed by atoms with Gasteiger partial charge in [-0.2, -0.15) is 0 Å². The second-order valence-electron chi connectivity index (χ2n) is 3.93. The van der Waals surface area contributed by atoms with Gasteiger partial charge in [-0.25, -0.2) is 4.79 Å². The molecule has 0 aromatic heterocycles. The van der Waals surface area contributed by atoms with Crippen molar-refractivity contribution >= 4 is 21.9 Å². The van der Waals surface area contributed by atoms with Crippen molar-refractivity contribution < 1.29 is 14.3 Å². The summed E-state index contributed by atoms with van der Waals surface area (Å²) >= 11 is 3.32. The highest BCUT2D eigenvalue weighted by atomic mass is 79.9. The molecule has 0 bridgehead atoms. The lowest BCUT2D eigenvalue weighted by molar-refractivity contribution is 0.0472. The van der Waals surface area contributed by atoms with Crippen LogP contribution < -0.4 is 4.74 Å². The van der Waals surface area contributed by atoms with Crippen molar-refractivity contribution in [3.63, 3.8) is 0 Å². The van der Waals surface area contributed by atoms with Gasteiger partial charge < -0.3 is 9.47 Å². The van der Waals surface area contributed by atoms with E-state index in [0.29, 0.717) is 5.56 Å². The molecule has 19 heavy (non-hydrogen) atoms. The van der Waals surface area contributed by atoms with Crippen LogP contribution in [0, 0.1) is 0 Å². The molecule has 2 rings (SSSR count). The number of carbonyl (C=O) groups excluding carboxylic acids is 1. The van der Waals surface area contributed by atoms with E-state index in [0.717, 1.165) is 15.8 Å². The van der Waals surface area contributed by atoms with Crippen LogP contribution in [0.4, 0.5) is 0 Å². The number of methoxy groups -OCH3 is 1. The number of hydrogen-bond donors (Lipinski definition) is 0. The summed E-state index contributed by atoms with van der Waals surface area (Å²) in [6, 6.07) is 14.5. The zero-order valence-electron chi connectivity index (χ0n) is 10.4. The maximum atomic E-state index is 11.8. The van der Waals surface area contributed by atoms with Gasteiger partial charge in [-0.1, -0.05) is 34.1 Å². The molecule has 2 aromatic rings. The van der Waals surface area contributed by atoms with E-state index < -0.39 is 0 Å². The fourth-order valence-corrected chi connectivity index (χ4v) is 1.97. The van der Waals surface area contributed by atoms with Gasteiger partial charge >= 0.3 is 5.97 Å². The maximum Gasteiger partial charge on any atom is 0.338 e. The number of ether oxygens (including phenoxy) is 2. The molecule has 0 heterocycles. The molecule has 3 nitrogen and oxygen atoms in total. The predicted molar refractivity (Wildman–Crippen MR) is 76.3 cm³/mol. The molecule has 98 valence electrons. The molecule has 0 amide bonds. The smallest absolute Gasteiger partial charge is 0.338 e. The number of esters is 1. The number of hydrogen-bond acceptors (Lipinski definition) is 3. The monoisotopic (exact) mass is 320 g/mol. The summed E-state index contributed by atoms with van der Waals surface area (Å²) in [5.74, 6) is 0.444. The molecule has 0 atom stereocenters. The van der Waals surface area contributed by atoms with Crippen molar-refractivity contribution in [2.45, 2.75) is 6.61 Å². The number of halogens is 1. The van der Waals surface area contributed by atoms with Crippen LogP contribution in [0.25, 0.3) is 0 Å². The topological polar surface area (TPSA) is 35.5 Å². The summed E-state index contributed by atoms with van der Waals surface area (Å²) in [4.78, 5) is 11.8. The van der Waals surface area contributed by atoms with Crippen molar-refractivity contribution in [2.75, 3.05) is 7.11 Å². The first-order valence-corrected chi connectivity index (χ1v) is 6.54. The van der Waals surface area contributed by atoms with Gasteiger partial charge in [0.15, 0.2) is 0 Å². The third kappa shape index (κ3) is 3.83. The summed E-state index contributed by atoms with van der Waals surface area (Å²) in [5, 5.41) is 0. The van der Waals surface area contributed by atoms with Gasteiger partial charge in [0.2, 0.25) is 0 Å². The van der Waals surface area contributed by atoms with Crippen LogP contribution in [0.5, 0.6) is 5.75 Å². The largest absolute Gasteiger partial charge is 0.497 e. The van der Waals surface area contributed by atoms with E-state index in [2.05, 4.69) is 15.9 Å². The fourth-order valence-electron chi connectivity index (χ4n) is 1.57. The van der Waals surface area contributed by atoms with Gasteiger partial charge in [0.25, 0.3) is 0 Å². The molecule has 0 aliphatic heterocycles. The summed E-state index contributed by atoms with van der Waals surface area (Å²) in [6.45, 7) is 0.245. The summed E-state index contributed by atoms with van der Waals surface area (Å²) < 4.78 is 11.2. The quantitative estimate of drug-likeness (QED) is 0.803. The zero-order chi connectivity index (χ0) is 13.7. The predicted octanol–water partition coefficient (Wildman–Crippen LogP) is 3.81. The standard InChI is InChI=1S/C15H13BrO3/c1-18-14-7-5-11(6-8-14)10-19-15(17)12-3-2-4-13(16)9-12/h2-9H,10H2,1H3. The third-order valence-corrected chi connectivity index (χ3v) is 3.08. The Morgan fingerprint density at radius 3 is 2.53 bits per heavy atom. The fraction of sp³-hybridized carbons (Fsp3) is 0.133. The highest BCUT2D eigenvalue weighted by Crippen LogP contribution is 2.15. The van der Waals surface area contributed by atoms with Crippen molar-refractivity contribution in [1.29, 1.82) is 0 Å². The van der Waals surface area contributed by atoms with Crippen LogP contribution in [0.3, 0.4) is 0 Å². The maximum absolute atomic E-state index is 11.8. The Bertz CT molecular complexity index is 564. The second kappa shape index (κ2) is 6.38. The van der Waals surface area contributed by atoms with Crippen molar-refractivity contribution in [3.05, 3.63) is 64.1 Å². The van der Waals surface area contributed by atoms with Gasteiger partial charge in [0.1, 0.15) is 12.4 Å². The Morgan fingerprint density at radius 2 is 1.89 bits per heavy atom. The SMILES string of the molecule is COc1ccc(COC(=O)c2cccc(Br)c2)cc1. The van der Waals surface area contributed by atoms with E-state index in [1.165, 1.54) is 0 Å². The molecule has 0 unspecified atom stereocenters. The molecule has 0 radical (unpaired) electrons. The first-order chi connectivity index (χ1) is 9.19. The van der Waals surface area contributed by atoms with Crippen LogP contribution >= 0.6 is 15.9 Å². The van der Waals surface area contributed by atoms with E-state index in [-0.39, 0.29) is 12.6 Å². The van der Waals surface area contributed by atoms with E-state index in [1.54, 1.807) is 25.3 Å². The Morgan fingerprint density at radius 1 is 1.16 bits per heavy atom. The Hall–Kier alpha value is -1.81. The minimum Gasteiger partial charge on any atom is -0.497 e. The van der Waals surface area contributed by atoms with Crippen LogP contribution in [0.15, 0.2) is 53.0 Å². The normalized spacial score (nSPS) is 10.0. The number of benzene rings is 2. The molecule has 0 N–H and O–H groups in total. The van der Waals surface area contributed by atoms with Crippen molar-refractivity contribution in [3.8, 4) is 5.75 Å². The molecular weight excluding hydrogens is 308 g/mol. The van der Waals surface area contributed by atoms with Gasteiger partial charge in [0, 0.05) is 4.47 Å². The minimum absolute atomic E-state index is 0.245. The molecular formula is C15H13BrO3. The van der Waals surface area contributed by atoms with Gasteiger partial charge in [-0.15, -0.1) is 0 Å². The third-order valence-electron chi connectivity index (χ3n) is 2.59. The second-order valence-corrected chi connectivity index (χ2v) is 4.85. The van der Waals surface area contributed by atoms with Crippen LogP contribution in [0.2, 0.25) is 0 Å². The lowest BCUT2D eigenvalue weighted by atomic mass is 10.2. The van der Waals surface area contributed by atoms with Crippen LogP contribution in [-0.4, -0.2) is 13.1 Å². The first-order valence-electron chi connectivity index (χ1n) is 5.74. The first kappa shape index (κ1) is 13.6. The molecule has 2 aromatic carbocycles. The van der Waals surface area contributed by atoms with E-state index in [9.17, 15) is 4.79 Å².